The molecule has 0 spiro atoms. The minimum atomic E-state index is -4.27. The number of phosphoric acid groups is 1. The highest BCUT2D eigenvalue weighted by molar-refractivity contribution is 7.48. The molecule has 0 bridgehead atoms. The summed E-state index contributed by atoms with van der Waals surface area (Å²) in [5, 5.41) is 0. The zero-order chi connectivity index (χ0) is 14.0. The van der Waals surface area contributed by atoms with Crippen LogP contribution in [-0.2, 0) is 22.9 Å². The summed E-state index contributed by atoms with van der Waals surface area (Å²) in [7, 11) is -2.39. The van der Waals surface area contributed by atoms with Crippen LogP contribution in [0, 0.1) is 11.8 Å². The molecule has 1 fully saturated rings. The van der Waals surface area contributed by atoms with E-state index in [1.54, 1.807) is 0 Å². The number of phosphoric ester groups is 1. The summed E-state index contributed by atoms with van der Waals surface area (Å²) in [6.07, 6.45) is -2.34. The first-order valence-electron chi connectivity index (χ1n) is 5.23. The van der Waals surface area contributed by atoms with E-state index >= 15 is 0 Å². The van der Waals surface area contributed by atoms with Crippen molar-refractivity contribution < 1.29 is 31.7 Å². The number of Topliss-reactive ketones (excluding diaryl/α,β-unsaturated/α-hetero) is 1. The summed E-state index contributed by atoms with van der Waals surface area (Å²) in [5.41, 5.74) is 0. The lowest BCUT2D eigenvalue weighted by molar-refractivity contribution is -0.207. The van der Waals surface area contributed by atoms with E-state index in [2.05, 4.69) is 20.2 Å². The molecule has 1 aliphatic rings. The van der Waals surface area contributed by atoms with Crippen molar-refractivity contribution >= 4 is 13.6 Å². The summed E-state index contributed by atoms with van der Waals surface area (Å²) in [6.45, 7) is 3.36. The van der Waals surface area contributed by atoms with Crippen LogP contribution in [0.4, 0.5) is 8.78 Å². The molecule has 18 heavy (non-hydrogen) atoms. The van der Waals surface area contributed by atoms with Gasteiger partial charge in [-0.2, -0.15) is 8.78 Å². The second-order valence-corrected chi connectivity index (χ2v) is 5.68. The molecule has 0 N–H and O–H groups in total. The van der Waals surface area contributed by atoms with Crippen molar-refractivity contribution in [2.45, 2.75) is 19.0 Å². The van der Waals surface area contributed by atoms with Crippen LogP contribution in [0.5, 0.6) is 0 Å². The zero-order valence-corrected chi connectivity index (χ0v) is 11.0. The van der Waals surface area contributed by atoms with E-state index in [0.29, 0.717) is 0 Å². The molecule has 0 saturated heterocycles. The summed E-state index contributed by atoms with van der Waals surface area (Å²) in [4.78, 5) is 11.4. The number of allylic oxidation sites excluding steroid dienone is 1. The van der Waals surface area contributed by atoms with Crippen molar-refractivity contribution in [1.29, 1.82) is 0 Å². The quantitative estimate of drug-likeness (QED) is 0.506. The van der Waals surface area contributed by atoms with Gasteiger partial charge >= 0.3 is 13.9 Å². The average molecular weight is 284 g/mol. The standard InChI is InChI=1S/C10H15F2O5P/c1-4-5-9(13)7-6-8(7)10(11,12)17-18(14,15-2)16-3/h4,7-8H,1,5-6H2,2-3H3/t7-,8-/m1/s1. The van der Waals surface area contributed by atoms with Gasteiger partial charge in [-0.1, -0.05) is 6.08 Å². The first-order chi connectivity index (χ1) is 8.29. The van der Waals surface area contributed by atoms with Crippen LogP contribution < -0.4 is 0 Å². The average Bonchev–Trinajstić information content (AvgIpc) is 3.09. The molecule has 2 atom stereocenters. The Bertz CT molecular complexity index is 376. The molecule has 1 saturated carbocycles. The summed E-state index contributed by atoms with van der Waals surface area (Å²) >= 11 is 0. The molecule has 8 heteroatoms. The van der Waals surface area contributed by atoms with Crippen molar-refractivity contribution in [2.24, 2.45) is 11.8 Å². The molecule has 104 valence electrons. The Morgan fingerprint density at radius 2 is 2.06 bits per heavy atom. The van der Waals surface area contributed by atoms with Crippen LogP contribution in [0.1, 0.15) is 12.8 Å². The first-order valence-corrected chi connectivity index (χ1v) is 6.69. The molecule has 0 aromatic carbocycles. The normalized spacial score (nSPS) is 23.8. The Labute approximate surface area is 104 Å². The molecule has 1 aliphatic carbocycles. The third kappa shape index (κ3) is 3.45. The number of hydrogen-bond acceptors (Lipinski definition) is 5. The summed E-state index contributed by atoms with van der Waals surface area (Å²) < 4.78 is 51.3. The molecule has 0 aliphatic heterocycles. The number of alkyl halides is 2. The van der Waals surface area contributed by atoms with Crippen molar-refractivity contribution in [3.63, 3.8) is 0 Å². The van der Waals surface area contributed by atoms with Gasteiger partial charge in [0, 0.05) is 26.6 Å². The van der Waals surface area contributed by atoms with Gasteiger partial charge in [-0.15, -0.1) is 6.58 Å². The Morgan fingerprint density at radius 1 is 1.50 bits per heavy atom. The van der Waals surface area contributed by atoms with E-state index in [0.717, 1.165) is 14.2 Å². The van der Waals surface area contributed by atoms with Gasteiger partial charge in [-0.25, -0.2) is 9.09 Å². The maximum absolute atomic E-state index is 13.6. The third-order valence-corrected chi connectivity index (χ3v) is 4.02. The van der Waals surface area contributed by atoms with Gasteiger partial charge in [0.05, 0.1) is 5.92 Å². The van der Waals surface area contributed by atoms with Gasteiger partial charge in [0.25, 0.3) is 0 Å². The maximum Gasteiger partial charge on any atom is 0.479 e. The van der Waals surface area contributed by atoms with Gasteiger partial charge in [-0.3, -0.25) is 13.8 Å². The Morgan fingerprint density at radius 3 is 2.50 bits per heavy atom. The Balaban J connectivity index is 2.64. The second-order valence-electron chi connectivity index (χ2n) is 3.87. The number of carbonyl (C=O) groups excluding carboxylic acids is 1. The van der Waals surface area contributed by atoms with Gasteiger partial charge in [0.2, 0.25) is 0 Å². The highest BCUT2D eigenvalue weighted by Gasteiger charge is 2.61. The molecule has 0 amide bonds. The fourth-order valence-corrected chi connectivity index (χ4v) is 2.31. The smallest absolute Gasteiger partial charge is 0.299 e. The summed E-state index contributed by atoms with van der Waals surface area (Å²) in [5.74, 6) is -2.41. The van der Waals surface area contributed by atoms with Crippen LogP contribution in [0.25, 0.3) is 0 Å². The minimum Gasteiger partial charge on any atom is -0.299 e. The molecule has 0 unspecified atom stereocenters. The number of rotatable bonds is 8. The molecule has 0 heterocycles. The lowest BCUT2D eigenvalue weighted by atomic mass is 10.1. The van der Waals surface area contributed by atoms with E-state index in [4.69, 9.17) is 0 Å². The zero-order valence-electron chi connectivity index (χ0n) is 10.1. The number of halogens is 2. The van der Waals surface area contributed by atoms with E-state index in [9.17, 15) is 18.1 Å². The fourth-order valence-electron chi connectivity index (χ4n) is 1.58. The van der Waals surface area contributed by atoms with Crippen LogP contribution >= 0.6 is 7.82 Å². The third-order valence-electron chi connectivity index (χ3n) is 2.66. The Hall–Kier alpha value is -0.620. The predicted octanol–water partition coefficient (Wildman–Crippen LogP) is 2.78. The second kappa shape index (κ2) is 5.57. The molecular weight excluding hydrogens is 269 g/mol. The van der Waals surface area contributed by atoms with Gasteiger partial charge < -0.3 is 0 Å². The van der Waals surface area contributed by atoms with E-state index < -0.39 is 25.8 Å². The van der Waals surface area contributed by atoms with E-state index in [1.807, 2.05) is 0 Å². The Kier molecular flexibility index (Phi) is 4.78. The SMILES string of the molecule is C=CCC(=O)[C@@H]1C[C@H]1C(F)(F)OP(=O)(OC)OC. The molecular formula is C10H15F2O5P. The van der Waals surface area contributed by atoms with Crippen LogP contribution in [-0.4, -0.2) is 26.1 Å². The molecule has 0 aromatic heterocycles. The summed E-state index contributed by atoms with van der Waals surface area (Å²) in [6, 6.07) is 0. The van der Waals surface area contributed by atoms with E-state index in [-0.39, 0.29) is 18.6 Å². The fraction of sp³-hybridized carbons (Fsp3) is 0.700. The predicted molar refractivity (Wildman–Crippen MR) is 59.1 cm³/mol. The maximum atomic E-state index is 13.6. The van der Waals surface area contributed by atoms with E-state index in [1.165, 1.54) is 6.08 Å². The van der Waals surface area contributed by atoms with Crippen molar-refractivity contribution in [1.82, 2.24) is 0 Å². The minimum absolute atomic E-state index is 0.00684. The monoisotopic (exact) mass is 284 g/mol. The molecule has 5 nitrogen and oxygen atoms in total. The number of hydrogen-bond donors (Lipinski definition) is 0. The largest absolute Gasteiger partial charge is 0.479 e. The highest BCUT2D eigenvalue weighted by atomic mass is 31.2. The topological polar surface area (TPSA) is 61.8 Å². The van der Waals surface area contributed by atoms with Crippen LogP contribution in [0.3, 0.4) is 0 Å². The number of ketones is 1. The lowest BCUT2D eigenvalue weighted by Crippen LogP contribution is -2.25. The van der Waals surface area contributed by atoms with Gasteiger partial charge in [0.15, 0.2) is 0 Å². The van der Waals surface area contributed by atoms with Crippen LogP contribution in [0.2, 0.25) is 0 Å². The first kappa shape index (κ1) is 15.4. The van der Waals surface area contributed by atoms with Gasteiger partial charge in [-0.05, 0) is 6.42 Å². The molecule has 0 aromatic rings. The number of carbonyl (C=O) groups is 1. The van der Waals surface area contributed by atoms with Crippen molar-refractivity contribution in [3.8, 4) is 0 Å². The highest BCUT2D eigenvalue weighted by Crippen LogP contribution is 2.59. The van der Waals surface area contributed by atoms with Crippen LogP contribution in [0.15, 0.2) is 12.7 Å². The molecule has 1 rings (SSSR count). The van der Waals surface area contributed by atoms with Crippen molar-refractivity contribution in [3.05, 3.63) is 12.7 Å². The van der Waals surface area contributed by atoms with Gasteiger partial charge in [0.1, 0.15) is 5.78 Å². The molecule has 0 radical (unpaired) electrons. The lowest BCUT2D eigenvalue weighted by Gasteiger charge is -2.21. The van der Waals surface area contributed by atoms with Crippen molar-refractivity contribution in [2.75, 3.05) is 14.2 Å².